The molecule has 1 rings (SSSR count). The zero-order valence-corrected chi connectivity index (χ0v) is 8.19. The molecule has 1 N–H and O–H groups in total. The van der Waals surface area contributed by atoms with E-state index in [-0.39, 0.29) is 0 Å². The fraction of sp³-hybridized carbons (Fsp3) is 0.818. The van der Waals surface area contributed by atoms with Gasteiger partial charge in [-0.1, -0.05) is 13.8 Å². The Morgan fingerprint density at radius 3 is 3.00 bits per heavy atom. The summed E-state index contributed by atoms with van der Waals surface area (Å²) in [6, 6.07) is 0.716. The second-order valence-corrected chi connectivity index (χ2v) is 4.19. The number of terminal acetylenes is 1. The summed E-state index contributed by atoms with van der Waals surface area (Å²) in [6.07, 6.45) is 10.1. The monoisotopic (exact) mass is 165 g/mol. The molecule has 1 saturated carbocycles. The van der Waals surface area contributed by atoms with Crippen molar-refractivity contribution in [1.82, 2.24) is 5.32 Å². The van der Waals surface area contributed by atoms with Crippen molar-refractivity contribution < 1.29 is 0 Å². The van der Waals surface area contributed by atoms with E-state index in [4.69, 9.17) is 6.42 Å². The number of hydrogen-bond donors (Lipinski definition) is 1. The van der Waals surface area contributed by atoms with E-state index in [2.05, 4.69) is 25.1 Å². The van der Waals surface area contributed by atoms with Crippen LogP contribution in [0, 0.1) is 17.8 Å². The van der Waals surface area contributed by atoms with Crippen LogP contribution in [0.5, 0.6) is 0 Å². The molecule has 0 aromatic carbocycles. The summed E-state index contributed by atoms with van der Waals surface area (Å²) in [4.78, 5) is 0. The number of nitrogens with one attached hydrogen (secondary N) is 1. The van der Waals surface area contributed by atoms with Gasteiger partial charge in [0.1, 0.15) is 0 Å². The predicted molar refractivity (Wildman–Crippen MR) is 52.9 cm³/mol. The third-order valence-electron chi connectivity index (χ3n) is 2.86. The van der Waals surface area contributed by atoms with Gasteiger partial charge in [-0.15, -0.1) is 12.3 Å². The smallest absolute Gasteiger partial charge is 0.0141 e. The molecule has 1 fully saturated rings. The highest BCUT2D eigenvalue weighted by Gasteiger charge is 2.33. The largest absolute Gasteiger partial charge is 0.314 e. The van der Waals surface area contributed by atoms with Crippen LogP contribution in [-0.4, -0.2) is 12.6 Å². The van der Waals surface area contributed by atoms with Gasteiger partial charge in [-0.2, -0.15) is 0 Å². The maximum absolute atomic E-state index is 5.34. The number of hydrogen-bond acceptors (Lipinski definition) is 1. The van der Waals surface area contributed by atoms with Gasteiger partial charge in [-0.3, -0.25) is 0 Å². The van der Waals surface area contributed by atoms with Crippen LogP contribution < -0.4 is 5.32 Å². The predicted octanol–water partition coefficient (Wildman–Crippen LogP) is 2.18. The van der Waals surface area contributed by atoms with Crippen LogP contribution >= 0.6 is 0 Å². The molecule has 2 atom stereocenters. The Balaban J connectivity index is 2.39. The highest BCUT2D eigenvalue weighted by molar-refractivity contribution is 4.98. The summed E-state index contributed by atoms with van der Waals surface area (Å²) in [5, 5.41) is 3.49. The van der Waals surface area contributed by atoms with Crippen LogP contribution in [0.2, 0.25) is 0 Å². The Hall–Kier alpha value is -0.480. The first-order valence-electron chi connectivity index (χ1n) is 4.87. The second-order valence-electron chi connectivity index (χ2n) is 4.19. The Labute approximate surface area is 75.9 Å². The fourth-order valence-electron chi connectivity index (χ4n) is 2.19. The van der Waals surface area contributed by atoms with Gasteiger partial charge in [0.15, 0.2) is 0 Å². The molecule has 0 bridgehead atoms. The van der Waals surface area contributed by atoms with E-state index in [1.807, 2.05) is 0 Å². The summed E-state index contributed by atoms with van der Waals surface area (Å²) >= 11 is 0. The van der Waals surface area contributed by atoms with E-state index in [1.165, 1.54) is 19.3 Å². The summed E-state index contributed by atoms with van der Waals surface area (Å²) in [5.41, 5.74) is 0.418. The highest BCUT2D eigenvalue weighted by Crippen LogP contribution is 2.40. The van der Waals surface area contributed by atoms with E-state index in [9.17, 15) is 0 Å². The molecule has 1 nitrogen and oxygen atoms in total. The van der Waals surface area contributed by atoms with Crippen molar-refractivity contribution in [1.29, 1.82) is 0 Å². The topological polar surface area (TPSA) is 12.0 Å². The molecule has 0 spiro atoms. The van der Waals surface area contributed by atoms with Crippen molar-refractivity contribution in [3.8, 4) is 12.3 Å². The quantitative estimate of drug-likeness (QED) is 0.632. The minimum atomic E-state index is 0.418. The van der Waals surface area contributed by atoms with Crippen LogP contribution in [0.3, 0.4) is 0 Å². The van der Waals surface area contributed by atoms with Crippen molar-refractivity contribution in [2.24, 2.45) is 5.41 Å². The molecule has 1 aliphatic rings. The van der Waals surface area contributed by atoms with E-state index < -0.39 is 0 Å². The van der Waals surface area contributed by atoms with Gasteiger partial charge in [-0.05, 0) is 31.2 Å². The van der Waals surface area contributed by atoms with Gasteiger partial charge in [0, 0.05) is 12.5 Å². The van der Waals surface area contributed by atoms with Crippen molar-refractivity contribution in [2.45, 2.75) is 45.6 Å². The SMILES string of the molecule is C#CCC1(C)CCC(NCC)C1. The maximum atomic E-state index is 5.34. The van der Waals surface area contributed by atoms with E-state index in [0.717, 1.165) is 13.0 Å². The molecule has 0 heterocycles. The lowest BCUT2D eigenvalue weighted by molar-refractivity contribution is 0.335. The highest BCUT2D eigenvalue weighted by atomic mass is 14.9. The molecule has 2 unspecified atom stereocenters. The third kappa shape index (κ3) is 2.25. The molecule has 0 aromatic rings. The van der Waals surface area contributed by atoms with Crippen molar-refractivity contribution in [2.75, 3.05) is 6.54 Å². The summed E-state index contributed by atoms with van der Waals surface area (Å²) < 4.78 is 0. The Bertz CT molecular complexity index is 180. The summed E-state index contributed by atoms with van der Waals surface area (Å²) in [7, 11) is 0. The van der Waals surface area contributed by atoms with Crippen molar-refractivity contribution in [3.63, 3.8) is 0 Å². The van der Waals surface area contributed by atoms with E-state index in [1.54, 1.807) is 0 Å². The Kier molecular flexibility index (Phi) is 3.17. The lowest BCUT2D eigenvalue weighted by atomic mass is 9.85. The van der Waals surface area contributed by atoms with E-state index >= 15 is 0 Å². The fourth-order valence-corrected chi connectivity index (χ4v) is 2.19. The average molecular weight is 165 g/mol. The Morgan fingerprint density at radius 1 is 1.67 bits per heavy atom. The molecule has 0 aliphatic heterocycles. The van der Waals surface area contributed by atoms with E-state index in [0.29, 0.717) is 11.5 Å². The molecule has 68 valence electrons. The zero-order chi connectivity index (χ0) is 9.03. The van der Waals surface area contributed by atoms with Gasteiger partial charge >= 0.3 is 0 Å². The molecular weight excluding hydrogens is 146 g/mol. The first-order chi connectivity index (χ1) is 5.70. The standard InChI is InChI=1S/C11H19N/c1-4-7-11(3)8-6-10(9-11)12-5-2/h1,10,12H,5-9H2,2-3H3. The number of rotatable bonds is 3. The molecule has 1 heteroatoms. The lowest BCUT2D eigenvalue weighted by Crippen LogP contribution is -2.27. The molecule has 0 saturated heterocycles. The van der Waals surface area contributed by atoms with Crippen molar-refractivity contribution in [3.05, 3.63) is 0 Å². The second kappa shape index (κ2) is 3.96. The van der Waals surface area contributed by atoms with Gasteiger partial charge in [-0.25, -0.2) is 0 Å². The summed E-state index contributed by atoms with van der Waals surface area (Å²) in [5.74, 6) is 2.79. The molecule has 0 amide bonds. The molecule has 0 aromatic heterocycles. The first-order valence-corrected chi connectivity index (χ1v) is 4.87. The van der Waals surface area contributed by atoms with Gasteiger partial charge in [0.25, 0.3) is 0 Å². The molecule has 1 aliphatic carbocycles. The van der Waals surface area contributed by atoms with Crippen LogP contribution in [0.1, 0.15) is 39.5 Å². The van der Waals surface area contributed by atoms with Gasteiger partial charge in [0.05, 0.1) is 0 Å². The average Bonchev–Trinajstić information content (AvgIpc) is 2.34. The maximum Gasteiger partial charge on any atom is 0.0141 e. The normalized spacial score (nSPS) is 34.9. The first kappa shape index (κ1) is 9.61. The molecule has 0 radical (unpaired) electrons. The van der Waals surface area contributed by atoms with Crippen LogP contribution in [0.4, 0.5) is 0 Å². The minimum absolute atomic E-state index is 0.418. The zero-order valence-electron chi connectivity index (χ0n) is 8.19. The lowest BCUT2D eigenvalue weighted by Gasteiger charge is -2.21. The van der Waals surface area contributed by atoms with Crippen LogP contribution in [-0.2, 0) is 0 Å². The van der Waals surface area contributed by atoms with Crippen LogP contribution in [0.15, 0.2) is 0 Å². The summed E-state index contributed by atoms with van der Waals surface area (Å²) in [6.45, 7) is 5.55. The third-order valence-corrected chi connectivity index (χ3v) is 2.86. The van der Waals surface area contributed by atoms with Gasteiger partial charge in [0.2, 0.25) is 0 Å². The van der Waals surface area contributed by atoms with Crippen LogP contribution in [0.25, 0.3) is 0 Å². The Morgan fingerprint density at radius 2 is 2.42 bits per heavy atom. The minimum Gasteiger partial charge on any atom is -0.314 e. The van der Waals surface area contributed by atoms with Crippen molar-refractivity contribution >= 4 is 0 Å². The van der Waals surface area contributed by atoms with Gasteiger partial charge < -0.3 is 5.32 Å². The molecular formula is C11H19N. The molecule has 12 heavy (non-hydrogen) atoms.